The summed E-state index contributed by atoms with van der Waals surface area (Å²) >= 11 is 0. The number of halogens is 3. The van der Waals surface area contributed by atoms with Crippen LogP contribution in [-0.2, 0) is 35.1 Å². The van der Waals surface area contributed by atoms with E-state index in [9.17, 15) is 31.2 Å². The molecule has 2 aromatic rings. The molecule has 174 valence electrons. The maximum Gasteiger partial charge on any atom is 0.416 e. The average Bonchev–Trinajstić information content (AvgIpc) is 3.19. The summed E-state index contributed by atoms with van der Waals surface area (Å²) in [4.78, 5) is 25.3. The second-order valence-corrected chi connectivity index (χ2v) is 9.36. The van der Waals surface area contributed by atoms with Gasteiger partial charge in [-0.05, 0) is 58.7 Å². The molecule has 33 heavy (non-hydrogen) atoms. The lowest BCUT2D eigenvalue weighted by molar-refractivity contribution is -0.161. The van der Waals surface area contributed by atoms with Crippen molar-refractivity contribution >= 4 is 32.9 Å². The van der Waals surface area contributed by atoms with E-state index in [0.29, 0.717) is 16.7 Å². The number of carbonyl (C=O) groups is 2. The molecule has 0 spiro atoms. The van der Waals surface area contributed by atoms with Crippen molar-refractivity contribution in [1.29, 1.82) is 0 Å². The molecule has 0 atom stereocenters. The fourth-order valence-corrected chi connectivity index (χ4v) is 4.14. The van der Waals surface area contributed by atoms with Crippen LogP contribution in [0.1, 0.15) is 16.7 Å². The Hall–Kier alpha value is -3.40. The number of methoxy groups -OCH3 is 2. The van der Waals surface area contributed by atoms with E-state index in [0.717, 1.165) is 32.6 Å². The van der Waals surface area contributed by atoms with Gasteiger partial charge in [-0.3, -0.25) is 9.59 Å². The predicted molar refractivity (Wildman–Crippen MR) is 113 cm³/mol. The summed E-state index contributed by atoms with van der Waals surface area (Å²) in [6.07, 6.45) is -0.922. The normalized spacial score (nSPS) is 15.5. The molecule has 0 heterocycles. The average molecular weight is 480 g/mol. The molecule has 0 aliphatic heterocycles. The number of benzene rings is 2. The minimum absolute atomic E-state index is 0.0529. The van der Waals surface area contributed by atoms with E-state index >= 15 is 0 Å². The summed E-state index contributed by atoms with van der Waals surface area (Å²) in [6.45, 7) is 0. The van der Waals surface area contributed by atoms with Crippen LogP contribution in [-0.4, -0.2) is 40.8 Å². The number of esters is 2. The van der Waals surface area contributed by atoms with Crippen LogP contribution in [0.2, 0.25) is 0 Å². The van der Waals surface area contributed by atoms with Gasteiger partial charge in [-0.15, -0.1) is 0 Å². The van der Waals surface area contributed by atoms with Crippen LogP contribution in [0.3, 0.4) is 0 Å². The molecule has 0 saturated carbocycles. The van der Waals surface area contributed by atoms with E-state index in [-0.39, 0.29) is 10.5 Å². The Bertz CT molecular complexity index is 1240. The number of rotatable bonds is 5. The highest BCUT2D eigenvalue weighted by Crippen LogP contribution is 2.46. The molecule has 6 nitrogen and oxygen atoms in total. The van der Waals surface area contributed by atoms with Crippen molar-refractivity contribution in [2.75, 3.05) is 20.5 Å². The van der Waals surface area contributed by atoms with E-state index in [1.165, 1.54) is 48.6 Å². The molecule has 0 aromatic heterocycles. The molecular weight excluding hydrogens is 461 g/mol. The van der Waals surface area contributed by atoms with E-state index < -0.39 is 38.9 Å². The Morgan fingerprint density at radius 1 is 0.788 bits per heavy atom. The van der Waals surface area contributed by atoms with Crippen LogP contribution in [0.5, 0.6) is 0 Å². The summed E-state index contributed by atoms with van der Waals surface area (Å²) in [7, 11) is -1.30. The van der Waals surface area contributed by atoms with Gasteiger partial charge in [0.05, 0.1) is 24.7 Å². The highest BCUT2D eigenvalue weighted by atomic mass is 32.2. The highest BCUT2D eigenvalue weighted by Gasteiger charge is 2.49. The van der Waals surface area contributed by atoms with Crippen LogP contribution in [0.15, 0.2) is 65.6 Å². The van der Waals surface area contributed by atoms with Crippen molar-refractivity contribution in [2.24, 2.45) is 5.41 Å². The molecule has 2 aromatic carbocycles. The van der Waals surface area contributed by atoms with Crippen molar-refractivity contribution in [2.45, 2.75) is 11.1 Å². The summed E-state index contributed by atoms with van der Waals surface area (Å²) in [5.74, 6) is -1.89. The van der Waals surface area contributed by atoms with Crippen LogP contribution in [0.4, 0.5) is 13.2 Å². The molecule has 0 N–H and O–H groups in total. The minimum atomic E-state index is -4.54. The molecule has 0 radical (unpaired) electrons. The van der Waals surface area contributed by atoms with E-state index in [1.807, 2.05) is 0 Å². The Morgan fingerprint density at radius 3 is 1.52 bits per heavy atom. The standard InChI is InChI=1S/C23H19F3O6S/c1-31-20(27)22(21(28)32-2)12-18(14-4-8-16(9-5-14)23(24,25)26)19(13-22)15-6-10-17(11-7-15)33(3,29)30/h4-13H,1-3H3. The van der Waals surface area contributed by atoms with Gasteiger partial charge in [0.1, 0.15) is 0 Å². The lowest BCUT2D eigenvalue weighted by Gasteiger charge is -2.18. The van der Waals surface area contributed by atoms with E-state index in [2.05, 4.69) is 0 Å². The minimum Gasteiger partial charge on any atom is -0.468 e. The molecule has 0 saturated heterocycles. The molecule has 1 aliphatic carbocycles. The van der Waals surface area contributed by atoms with Gasteiger partial charge in [-0.25, -0.2) is 8.42 Å². The van der Waals surface area contributed by atoms with Gasteiger partial charge in [0, 0.05) is 6.26 Å². The Labute approximate surface area is 188 Å². The fraction of sp³-hybridized carbons (Fsp3) is 0.217. The Balaban J connectivity index is 2.22. The summed E-state index contributed by atoms with van der Waals surface area (Å²) < 4.78 is 72.2. The van der Waals surface area contributed by atoms with Gasteiger partial charge in [-0.1, -0.05) is 24.3 Å². The Kier molecular flexibility index (Phi) is 6.25. The molecule has 0 amide bonds. The smallest absolute Gasteiger partial charge is 0.416 e. The lowest BCUT2D eigenvalue weighted by atomic mass is 9.89. The quantitative estimate of drug-likeness (QED) is 0.476. The van der Waals surface area contributed by atoms with Crippen molar-refractivity contribution in [3.05, 3.63) is 77.4 Å². The van der Waals surface area contributed by atoms with Crippen molar-refractivity contribution in [3.8, 4) is 0 Å². The maximum atomic E-state index is 13.0. The highest BCUT2D eigenvalue weighted by molar-refractivity contribution is 7.90. The number of alkyl halides is 3. The van der Waals surface area contributed by atoms with Crippen LogP contribution < -0.4 is 0 Å². The van der Waals surface area contributed by atoms with Crippen molar-refractivity contribution < 1.29 is 40.7 Å². The number of allylic oxidation sites excluding steroid dienone is 2. The Morgan fingerprint density at radius 2 is 1.18 bits per heavy atom. The van der Waals surface area contributed by atoms with Crippen LogP contribution in [0, 0.1) is 5.41 Å². The molecule has 0 bridgehead atoms. The number of carbonyl (C=O) groups excluding carboxylic acids is 2. The van der Waals surface area contributed by atoms with Gasteiger partial charge in [0.15, 0.2) is 9.84 Å². The first-order chi connectivity index (χ1) is 15.3. The molecule has 3 rings (SSSR count). The van der Waals surface area contributed by atoms with Gasteiger partial charge < -0.3 is 9.47 Å². The van der Waals surface area contributed by atoms with Crippen molar-refractivity contribution in [3.63, 3.8) is 0 Å². The van der Waals surface area contributed by atoms with Gasteiger partial charge >= 0.3 is 18.1 Å². The van der Waals surface area contributed by atoms with E-state index in [1.54, 1.807) is 0 Å². The zero-order valence-electron chi connectivity index (χ0n) is 17.8. The molecule has 0 fully saturated rings. The van der Waals surface area contributed by atoms with Crippen LogP contribution in [0.25, 0.3) is 11.1 Å². The summed E-state index contributed by atoms with van der Waals surface area (Å²) in [5.41, 5.74) is -1.48. The third kappa shape index (κ3) is 4.56. The lowest BCUT2D eigenvalue weighted by Crippen LogP contribution is -2.36. The summed E-state index contributed by atoms with van der Waals surface area (Å²) in [6, 6.07) is 9.87. The SMILES string of the molecule is COC(=O)C1(C(=O)OC)C=C(c2ccc(C(F)(F)F)cc2)C(c2ccc(S(C)(=O)=O)cc2)=C1. The van der Waals surface area contributed by atoms with E-state index in [4.69, 9.17) is 9.47 Å². The number of hydrogen-bond donors (Lipinski definition) is 0. The maximum absolute atomic E-state index is 13.0. The third-order valence-electron chi connectivity index (χ3n) is 5.20. The monoisotopic (exact) mass is 480 g/mol. The number of hydrogen-bond acceptors (Lipinski definition) is 6. The fourth-order valence-electron chi connectivity index (χ4n) is 3.51. The second kappa shape index (κ2) is 8.51. The molecule has 10 heteroatoms. The van der Waals surface area contributed by atoms with Crippen molar-refractivity contribution in [1.82, 2.24) is 0 Å². The second-order valence-electron chi connectivity index (χ2n) is 7.34. The largest absolute Gasteiger partial charge is 0.468 e. The summed E-state index contributed by atoms with van der Waals surface area (Å²) in [5, 5.41) is 0. The topological polar surface area (TPSA) is 86.7 Å². The number of sulfone groups is 1. The first kappa shape index (κ1) is 24.2. The first-order valence-electron chi connectivity index (χ1n) is 9.44. The predicted octanol–water partition coefficient (Wildman–Crippen LogP) is 3.92. The van der Waals surface area contributed by atoms with Gasteiger partial charge in [0.2, 0.25) is 5.41 Å². The zero-order valence-corrected chi connectivity index (χ0v) is 18.6. The van der Waals surface area contributed by atoms with Gasteiger partial charge in [0.25, 0.3) is 0 Å². The van der Waals surface area contributed by atoms with Gasteiger partial charge in [-0.2, -0.15) is 13.2 Å². The molecular formula is C23H19F3O6S. The molecule has 0 unspecified atom stereocenters. The first-order valence-corrected chi connectivity index (χ1v) is 11.3. The number of ether oxygens (including phenoxy) is 2. The van der Waals surface area contributed by atoms with Crippen LogP contribution >= 0.6 is 0 Å². The zero-order chi connectivity index (χ0) is 24.6. The third-order valence-corrected chi connectivity index (χ3v) is 6.33. The molecule has 1 aliphatic rings.